The summed E-state index contributed by atoms with van der Waals surface area (Å²) in [5, 5.41) is 89.4. The average Bonchev–Trinajstić information content (AvgIpc) is 3.35. The zero-order valence-corrected chi connectivity index (χ0v) is 30.3. The lowest BCUT2D eigenvalue weighted by molar-refractivity contribution is -0.440. The Morgan fingerprint density at radius 3 is 1.44 bits per heavy atom. The normalized spacial score (nSPS) is 34.3. The van der Waals surface area contributed by atoms with Crippen LogP contribution in [-0.2, 0) is 28.6 Å². The van der Waals surface area contributed by atoms with E-state index >= 15 is 0 Å². The van der Waals surface area contributed by atoms with E-state index in [1.807, 2.05) is 20.8 Å². The molecule has 0 aromatic carbocycles. The number of Topliss-reactive ketones (excluding diaryl/α,β-unsaturated/α-hetero) is 3. The van der Waals surface area contributed by atoms with E-state index in [1.54, 1.807) is 0 Å². The lowest BCUT2D eigenvalue weighted by Gasteiger charge is -2.59. The summed E-state index contributed by atoms with van der Waals surface area (Å²) in [5.41, 5.74) is -7.19. The highest BCUT2D eigenvalue weighted by Crippen LogP contribution is 2.52. The Balaban J connectivity index is 2.85. The van der Waals surface area contributed by atoms with Gasteiger partial charge in [-0.25, -0.2) is 0 Å². The molecule has 2 fully saturated rings. The number of ketones is 3. The van der Waals surface area contributed by atoms with Gasteiger partial charge in [0.05, 0.1) is 13.2 Å². The lowest BCUT2D eigenvalue weighted by Crippen LogP contribution is -2.87. The predicted molar refractivity (Wildman–Crippen MR) is 181 cm³/mol. The predicted octanol–water partition coefficient (Wildman–Crippen LogP) is 1.50. The number of carbonyl (C=O) groups is 3. The molecule has 0 saturated carbocycles. The molecule has 1 unspecified atom stereocenters. The largest absolute Gasteiger partial charge is 0.394 e. The van der Waals surface area contributed by atoms with Crippen LogP contribution in [-0.4, -0.2) is 131 Å². The van der Waals surface area contributed by atoms with Gasteiger partial charge in [-0.15, -0.1) is 0 Å². The summed E-state index contributed by atoms with van der Waals surface area (Å²) in [4.78, 5) is 43.3. The van der Waals surface area contributed by atoms with E-state index in [4.69, 9.17) is 14.2 Å². The Morgan fingerprint density at radius 2 is 1.02 bits per heavy atom. The molecule has 8 N–H and O–H groups in total. The van der Waals surface area contributed by atoms with Gasteiger partial charge in [-0.1, -0.05) is 97.8 Å². The maximum Gasteiger partial charge on any atom is 0.272 e. The number of aliphatic hydroxyl groups excluding tert-OH is 6. The minimum atomic E-state index is -3.70. The molecule has 2 heterocycles. The first-order chi connectivity index (χ1) is 23.8. The number of hydrogen-bond donors (Lipinski definition) is 8. The first-order valence-corrected chi connectivity index (χ1v) is 18.8. The maximum atomic E-state index is 14.6. The summed E-state index contributed by atoms with van der Waals surface area (Å²) >= 11 is 0. The van der Waals surface area contributed by atoms with Gasteiger partial charge < -0.3 is 55.1 Å². The van der Waals surface area contributed by atoms with Crippen molar-refractivity contribution in [1.82, 2.24) is 0 Å². The van der Waals surface area contributed by atoms with Crippen molar-refractivity contribution in [2.75, 3.05) is 19.8 Å². The molecule has 0 aromatic heterocycles. The molecule has 0 aromatic rings. The summed E-state index contributed by atoms with van der Waals surface area (Å²) in [5.74, 6) is -10.0. The fourth-order valence-electron chi connectivity index (χ4n) is 7.12. The van der Waals surface area contributed by atoms with E-state index in [2.05, 4.69) is 0 Å². The minimum absolute atomic E-state index is 0.152. The third kappa shape index (κ3) is 9.19. The molecule has 2 aliphatic rings. The number of ether oxygens (including phenoxy) is 3. The summed E-state index contributed by atoms with van der Waals surface area (Å²) in [6.07, 6.45) is -1.96. The van der Waals surface area contributed by atoms with Crippen LogP contribution in [0.25, 0.3) is 0 Å². The van der Waals surface area contributed by atoms with Crippen molar-refractivity contribution in [1.29, 1.82) is 0 Å². The highest BCUT2D eigenvalue weighted by Gasteiger charge is 2.81. The molecule has 2 aliphatic heterocycles. The molecular formula is C36H64O14. The van der Waals surface area contributed by atoms with E-state index < -0.39 is 110 Å². The van der Waals surface area contributed by atoms with Crippen molar-refractivity contribution in [3.63, 3.8) is 0 Å². The van der Waals surface area contributed by atoms with Gasteiger partial charge in [0.1, 0.15) is 37.1 Å². The zero-order chi connectivity index (χ0) is 37.6. The van der Waals surface area contributed by atoms with Gasteiger partial charge in [-0.3, -0.25) is 14.4 Å². The molecule has 2 rings (SSSR count). The van der Waals surface area contributed by atoms with Crippen LogP contribution in [0, 0.1) is 0 Å². The van der Waals surface area contributed by atoms with Crippen LogP contribution in [0.5, 0.6) is 0 Å². The molecule has 292 valence electrons. The van der Waals surface area contributed by atoms with Gasteiger partial charge >= 0.3 is 0 Å². The summed E-state index contributed by atoms with van der Waals surface area (Å²) < 4.78 is 17.5. The summed E-state index contributed by atoms with van der Waals surface area (Å²) in [6.45, 7) is 2.65. The van der Waals surface area contributed by atoms with E-state index in [1.165, 1.54) is 0 Å². The number of aliphatic hydroxyl groups is 8. The van der Waals surface area contributed by atoms with Crippen LogP contribution in [0.15, 0.2) is 0 Å². The minimum Gasteiger partial charge on any atom is -0.394 e. The highest BCUT2D eigenvalue weighted by molar-refractivity contribution is 6.06. The quantitative estimate of drug-likeness (QED) is 0.0591. The molecule has 0 aliphatic carbocycles. The fraction of sp³-hybridized carbons (Fsp3) is 0.917. The second-order valence-electron chi connectivity index (χ2n) is 14.0. The first-order valence-electron chi connectivity index (χ1n) is 18.8. The van der Waals surface area contributed by atoms with Gasteiger partial charge in [0.2, 0.25) is 11.4 Å². The number of carbonyl (C=O) groups excluding carboxylic acids is 3. The van der Waals surface area contributed by atoms with E-state index in [0.717, 1.165) is 57.8 Å². The average molecular weight is 721 g/mol. The second kappa shape index (κ2) is 20.7. The first kappa shape index (κ1) is 44.7. The summed E-state index contributed by atoms with van der Waals surface area (Å²) in [7, 11) is 0. The van der Waals surface area contributed by atoms with Crippen LogP contribution in [0.2, 0.25) is 0 Å². The van der Waals surface area contributed by atoms with Gasteiger partial charge in [-0.2, -0.15) is 0 Å². The highest BCUT2D eigenvalue weighted by atomic mass is 16.8. The van der Waals surface area contributed by atoms with Crippen LogP contribution >= 0.6 is 0 Å². The smallest absolute Gasteiger partial charge is 0.272 e. The fourth-order valence-corrected chi connectivity index (χ4v) is 7.12. The van der Waals surface area contributed by atoms with E-state index in [0.29, 0.717) is 19.3 Å². The second-order valence-corrected chi connectivity index (χ2v) is 14.0. The zero-order valence-electron chi connectivity index (χ0n) is 30.3. The van der Waals surface area contributed by atoms with Crippen LogP contribution in [0.3, 0.4) is 0 Å². The van der Waals surface area contributed by atoms with Crippen molar-refractivity contribution in [3.8, 4) is 0 Å². The van der Waals surface area contributed by atoms with Crippen molar-refractivity contribution >= 4 is 17.3 Å². The topological polar surface area (TPSA) is 241 Å². The van der Waals surface area contributed by atoms with Crippen molar-refractivity contribution in [2.24, 2.45) is 0 Å². The molecule has 9 atom stereocenters. The molecular weight excluding hydrogens is 656 g/mol. The summed E-state index contributed by atoms with van der Waals surface area (Å²) in [6, 6.07) is 0. The van der Waals surface area contributed by atoms with Gasteiger partial charge in [0.25, 0.3) is 5.79 Å². The third-order valence-electron chi connectivity index (χ3n) is 10.2. The maximum absolute atomic E-state index is 14.6. The Labute approximate surface area is 296 Å². The Morgan fingerprint density at radius 1 is 0.580 bits per heavy atom. The molecule has 0 bridgehead atoms. The molecule has 0 spiro atoms. The van der Waals surface area contributed by atoms with Crippen molar-refractivity contribution in [3.05, 3.63) is 0 Å². The molecule has 2 saturated heterocycles. The van der Waals surface area contributed by atoms with Crippen LogP contribution in [0.1, 0.15) is 136 Å². The van der Waals surface area contributed by atoms with E-state index in [-0.39, 0.29) is 19.3 Å². The third-order valence-corrected chi connectivity index (χ3v) is 10.2. The molecule has 0 radical (unpaired) electrons. The Bertz CT molecular complexity index is 1060. The van der Waals surface area contributed by atoms with Crippen molar-refractivity contribution in [2.45, 2.75) is 190 Å². The van der Waals surface area contributed by atoms with Gasteiger partial charge in [0, 0.05) is 19.3 Å². The number of unbranched alkanes of at least 4 members (excludes halogenated alkanes) is 12. The Hall–Kier alpha value is -1.43. The van der Waals surface area contributed by atoms with E-state index in [9.17, 15) is 55.2 Å². The Kier molecular flexibility index (Phi) is 18.5. The van der Waals surface area contributed by atoms with Gasteiger partial charge in [0.15, 0.2) is 23.0 Å². The molecule has 50 heavy (non-hydrogen) atoms. The van der Waals surface area contributed by atoms with Crippen molar-refractivity contribution < 1.29 is 69.4 Å². The lowest BCUT2D eigenvalue weighted by atomic mass is 9.62. The SMILES string of the molecule is CCCCCCCC(=O)[C@@]1(OC2(CO)O[C@H](CO)[C@@H](O)[C@@H]2O)O[C@H](CO)[C@@H](O)[C@@](O)(C(=O)CCCCCCC)[C@]1(O)C(=O)CCCCCCC. The van der Waals surface area contributed by atoms with Crippen LogP contribution in [0.4, 0.5) is 0 Å². The van der Waals surface area contributed by atoms with Crippen LogP contribution < -0.4 is 0 Å². The standard InChI is InChI=1S/C36H64O14/c1-4-7-10-13-16-19-27(40)34(46)31(44)26(23-38)49-36(29(42)21-18-15-12-9-6-3,35(34,47)28(41)20-17-14-11-8-5-2)50-33(24-39)32(45)30(43)25(22-37)48-33/h25-26,30-32,37-39,43-47H,4-24H2,1-3H3/t25-,26-,30-,31-,32+,33?,34+,35-,36+/m1/s1. The van der Waals surface area contributed by atoms with Gasteiger partial charge in [-0.05, 0) is 19.3 Å². The molecule has 0 amide bonds. The molecule has 14 nitrogen and oxygen atoms in total. The number of rotatable bonds is 26. The molecule has 14 heteroatoms. The number of hydrogen-bond acceptors (Lipinski definition) is 14. The monoisotopic (exact) mass is 720 g/mol.